The highest BCUT2D eigenvalue weighted by atomic mass is 16.2. The van der Waals surface area contributed by atoms with E-state index >= 15 is 0 Å². The molecule has 1 aromatic heterocycles. The van der Waals surface area contributed by atoms with Crippen LogP contribution in [-0.4, -0.2) is 17.1 Å². The highest BCUT2D eigenvalue weighted by Gasteiger charge is 2.39. The van der Waals surface area contributed by atoms with Gasteiger partial charge < -0.3 is 15.6 Å². The number of aromatic amines is 1. The maximum Gasteiger partial charge on any atom is 0.315 e. The minimum Gasteiger partial charge on any atom is -0.335 e. The van der Waals surface area contributed by atoms with Crippen molar-refractivity contribution in [1.82, 2.24) is 15.6 Å². The molecular formula is C20H25N3O2. The van der Waals surface area contributed by atoms with Crippen LogP contribution in [0.1, 0.15) is 45.8 Å². The molecule has 1 aromatic carbocycles. The third-order valence-corrected chi connectivity index (χ3v) is 4.99. The molecule has 1 aliphatic rings. The summed E-state index contributed by atoms with van der Waals surface area (Å²) in [4.78, 5) is 26.9. The van der Waals surface area contributed by atoms with E-state index in [1.165, 1.54) is 16.7 Å². The Hall–Kier alpha value is -2.56. The lowest BCUT2D eigenvalue weighted by Crippen LogP contribution is -2.38. The van der Waals surface area contributed by atoms with E-state index in [1.54, 1.807) is 0 Å². The van der Waals surface area contributed by atoms with Gasteiger partial charge in [-0.25, -0.2) is 4.79 Å². The lowest BCUT2D eigenvalue weighted by molar-refractivity contribution is 0.240. The lowest BCUT2D eigenvalue weighted by atomic mass is 10.0. The van der Waals surface area contributed by atoms with Gasteiger partial charge in [0.25, 0.3) is 5.56 Å². The molecule has 1 heterocycles. The molecule has 0 unspecified atom stereocenters. The topological polar surface area (TPSA) is 74.0 Å². The number of nitrogens with one attached hydrogen (secondary N) is 3. The van der Waals surface area contributed by atoms with E-state index in [-0.39, 0.29) is 24.2 Å². The summed E-state index contributed by atoms with van der Waals surface area (Å²) < 4.78 is 0. The van der Waals surface area contributed by atoms with E-state index in [9.17, 15) is 9.59 Å². The number of benzene rings is 1. The highest BCUT2D eigenvalue weighted by molar-refractivity contribution is 5.75. The van der Waals surface area contributed by atoms with Crippen LogP contribution in [0.15, 0.2) is 29.1 Å². The average molecular weight is 339 g/mol. The van der Waals surface area contributed by atoms with Gasteiger partial charge in [0.15, 0.2) is 0 Å². The first-order chi connectivity index (χ1) is 11.8. The number of carbonyl (C=O) groups excluding carboxylic acids is 1. The van der Waals surface area contributed by atoms with Crippen LogP contribution in [0.4, 0.5) is 4.79 Å². The molecule has 5 heteroatoms. The quantitative estimate of drug-likeness (QED) is 0.801. The molecule has 0 saturated heterocycles. The summed E-state index contributed by atoms with van der Waals surface area (Å²) in [5.41, 5.74) is 6.01. The number of amides is 2. The third-order valence-electron chi connectivity index (χ3n) is 4.99. The highest BCUT2D eigenvalue weighted by Crippen LogP contribution is 2.41. The zero-order chi connectivity index (χ0) is 18.1. The van der Waals surface area contributed by atoms with E-state index in [0.29, 0.717) is 11.5 Å². The Bertz CT molecular complexity index is 870. The number of carbonyl (C=O) groups is 1. The average Bonchev–Trinajstić information content (AvgIpc) is 3.28. The number of aryl methyl sites for hydroxylation is 4. The number of hydrogen-bond acceptors (Lipinski definition) is 2. The molecule has 2 amide bonds. The van der Waals surface area contributed by atoms with Gasteiger partial charge in [0.2, 0.25) is 0 Å². The molecule has 3 N–H and O–H groups in total. The lowest BCUT2D eigenvalue weighted by Gasteiger charge is -2.10. The predicted octanol–water partition coefficient (Wildman–Crippen LogP) is 2.96. The van der Waals surface area contributed by atoms with E-state index in [2.05, 4.69) is 47.7 Å². The second kappa shape index (κ2) is 6.75. The van der Waals surface area contributed by atoms with Crippen LogP contribution in [0.2, 0.25) is 0 Å². The Morgan fingerprint density at radius 1 is 1.12 bits per heavy atom. The molecule has 25 heavy (non-hydrogen) atoms. The number of urea groups is 1. The Labute approximate surface area is 147 Å². The monoisotopic (exact) mass is 339 g/mol. The van der Waals surface area contributed by atoms with Gasteiger partial charge in [-0.2, -0.15) is 0 Å². The minimum atomic E-state index is -0.226. The Balaban J connectivity index is 1.54. The van der Waals surface area contributed by atoms with E-state index in [4.69, 9.17) is 0 Å². The number of H-pyrrole nitrogens is 1. The smallest absolute Gasteiger partial charge is 0.315 e. The van der Waals surface area contributed by atoms with Crippen molar-refractivity contribution in [2.45, 2.75) is 52.6 Å². The van der Waals surface area contributed by atoms with Gasteiger partial charge in [-0.15, -0.1) is 0 Å². The molecule has 3 rings (SSSR count). The Morgan fingerprint density at radius 3 is 2.56 bits per heavy atom. The molecule has 0 aliphatic heterocycles. The fourth-order valence-corrected chi connectivity index (χ4v) is 3.21. The van der Waals surface area contributed by atoms with Crippen LogP contribution in [0.5, 0.6) is 0 Å². The molecule has 5 nitrogen and oxygen atoms in total. The van der Waals surface area contributed by atoms with Crippen molar-refractivity contribution >= 4 is 6.03 Å². The largest absolute Gasteiger partial charge is 0.335 e. The maximum atomic E-state index is 12.1. The molecule has 0 spiro atoms. The zero-order valence-electron chi connectivity index (χ0n) is 15.2. The van der Waals surface area contributed by atoms with Crippen molar-refractivity contribution in [2.75, 3.05) is 0 Å². The van der Waals surface area contributed by atoms with Crippen LogP contribution < -0.4 is 16.2 Å². The molecule has 132 valence electrons. The van der Waals surface area contributed by atoms with Crippen molar-refractivity contribution < 1.29 is 4.79 Å². The summed E-state index contributed by atoms with van der Waals surface area (Å²) in [5, 5.41) is 5.79. The number of hydrogen-bond donors (Lipinski definition) is 3. The molecule has 2 atom stereocenters. The normalized spacial score (nSPS) is 18.7. The Kier molecular flexibility index (Phi) is 4.66. The van der Waals surface area contributed by atoms with Crippen LogP contribution in [-0.2, 0) is 6.54 Å². The third kappa shape index (κ3) is 3.92. The zero-order valence-corrected chi connectivity index (χ0v) is 15.2. The van der Waals surface area contributed by atoms with E-state index in [1.807, 2.05) is 19.9 Å². The summed E-state index contributed by atoms with van der Waals surface area (Å²) in [7, 11) is 0. The van der Waals surface area contributed by atoms with Crippen molar-refractivity contribution in [3.8, 4) is 0 Å². The molecule has 1 saturated carbocycles. The fourth-order valence-electron chi connectivity index (χ4n) is 3.21. The van der Waals surface area contributed by atoms with Crippen molar-refractivity contribution in [3.63, 3.8) is 0 Å². The fraction of sp³-hybridized carbons (Fsp3) is 0.400. The van der Waals surface area contributed by atoms with Crippen LogP contribution in [0.3, 0.4) is 0 Å². The molecule has 1 aliphatic carbocycles. The summed E-state index contributed by atoms with van der Waals surface area (Å²) in [5.74, 6) is 0.384. The van der Waals surface area contributed by atoms with Crippen molar-refractivity contribution in [2.24, 2.45) is 0 Å². The van der Waals surface area contributed by atoms with Crippen molar-refractivity contribution in [3.05, 3.63) is 68.1 Å². The summed E-state index contributed by atoms with van der Waals surface area (Å²) in [6.45, 7) is 8.17. The van der Waals surface area contributed by atoms with Gasteiger partial charge in [0, 0.05) is 23.2 Å². The first-order valence-electron chi connectivity index (χ1n) is 8.66. The second-order valence-corrected chi connectivity index (χ2v) is 7.06. The predicted molar refractivity (Wildman–Crippen MR) is 99.0 cm³/mol. The SMILES string of the molecule is Cc1cc(C)c(CNC(=O)N[C@H]2C[C@H]2c2ccc(C)c(C)c2)c(=O)[nH]1. The van der Waals surface area contributed by atoms with Gasteiger partial charge in [-0.1, -0.05) is 18.2 Å². The summed E-state index contributed by atoms with van der Waals surface area (Å²) >= 11 is 0. The number of aromatic nitrogens is 1. The first kappa shape index (κ1) is 17.3. The summed E-state index contributed by atoms with van der Waals surface area (Å²) in [6.07, 6.45) is 0.958. The van der Waals surface area contributed by atoms with Gasteiger partial charge in [0.1, 0.15) is 0 Å². The van der Waals surface area contributed by atoms with Crippen molar-refractivity contribution in [1.29, 1.82) is 0 Å². The second-order valence-electron chi connectivity index (χ2n) is 7.06. The standard InChI is InChI=1S/C20H25N3O2/c1-11-5-6-15(8-12(11)2)16-9-18(16)23-20(25)21-10-17-13(3)7-14(4)22-19(17)24/h5-8,16,18H,9-10H2,1-4H3,(H,22,24)(H2,21,23,25)/t16-,18-/m0/s1. The molecular weight excluding hydrogens is 314 g/mol. The molecule has 0 bridgehead atoms. The van der Waals surface area contributed by atoms with Crippen LogP contribution >= 0.6 is 0 Å². The number of pyridine rings is 1. The van der Waals surface area contributed by atoms with Gasteiger partial charge >= 0.3 is 6.03 Å². The van der Waals surface area contributed by atoms with Gasteiger partial charge in [-0.05, 0) is 62.4 Å². The first-order valence-corrected chi connectivity index (χ1v) is 8.66. The summed E-state index contributed by atoms with van der Waals surface area (Å²) in [6, 6.07) is 8.33. The van der Waals surface area contributed by atoms with E-state index in [0.717, 1.165) is 17.7 Å². The molecule has 0 radical (unpaired) electrons. The number of rotatable bonds is 4. The maximum absolute atomic E-state index is 12.1. The van der Waals surface area contributed by atoms with Gasteiger partial charge in [-0.3, -0.25) is 4.79 Å². The molecule has 1 fully saturated rings. The van der Waals surface area contributed by atoms with Crippen LogP contribution in [0, 0.1) is 27.7 Å². The molecule has 2 aromatic rings. The van der Waals surface area contributed by atoms with Gasteiger partial charge in [0.05, 0.1) is 6.54 Å². The minimum absolute atomic E-state index is 0.141. The van der Waals surface area contributed by atoms with Crippen LogP contribution in [0.25, 0.3) is 0 Å². The Morgan fingerprint density at radius 2 is 1.88 bits per heavy atom. The van der Waals surface area contributed by atoms with E-state index < -0.39 is 0 Å².